The highest BCUT2D eigenvalue weighted by Crippen LogP contribution is 2.41. The molecule has 6 amide bonds. The van der Waals surface area contributed by atoms with Gasteiger partial charge in [-0.15, -0.1) is 0 Å². The first-order valence-electron chi connectivity index (χ1n) is 15.7. The molecule has 1 unspecified atom stereocenters. The van der Waals surface area contributed by atoms with Crippen LogP contribution in [0.5, 0.6) is 23.0 Å². The molecule has 286 valence electrons. The van der Waals surface area contributed by atoms with Crippen molar-refractivity contribution in [3.8, 4) is 23.0 Å². The number of hydrogen-bond acceptors (Lipinski definition) is 12. The Kier molecular flexibility index (Phi) is 11.4. The average molecular weight is 796 g/mol. The summed E-state index contributed by atoms with van der Waals surface area (Å²) in [5.74, 6) is -11.5. The van der Waals surface area contributed by atoms with E-state index >= 15 is 0 Å². The van der Waals surface area contributed by atoms with E-state index in [4.69, 9.17) is 16.3 Å². The molecular formula is C31H29BClF2N5O13S. The Morgan fingerprint density at radius 3 is 2.44 bits per heavy atom. The van der Waals surface area contributed by atoms with Crippen LogP contribution in [-0.4, -0.2) is 111 Å². The maximum absolute atomic E-state index is 14.6. The number of halogens is 3. The van der Waals surface area contributed by atoms with E-state index in [1.807, 2.05) is 0 Å². The van der Waals surface area contributed by atoms with Crippen LogP contribution < -0.4 is 20.6 Å². The van der Waals surface area contributed by atoms with Gasteiger partial charge in [0.15, 0.2) is 17.3 Å². The zero-order chi connectivity index (χ0) is 39.6. The smallest absolute Gasteiger partial charge is 0.534 e. The normalized spacial score (nSPS) is 16.0. The van der Waals surface area contributed by atoms with Gasteiger partial charge in [-0.25, -0.2) is 40.8 Å². The molecule has 0 saturated carbocycles. The van der Waals surface area contributed by atoms with Crippen molar-refractivity contribution < 1.29 is 71.3 Å². The number of carboxylic acids is 1. The van der Waals surface area contributed by atoms with Crippen molar-refractivity contribution in [2.75, 3.05) is 25.4 Å². The SMILES string of the molecule is O=C(NCCCS(=O)(=O)N1CCN(C(=O)NC(C(=O)N[C@H]2Cc3ccc(F)c(C(=O)O)c3OB2O)c2cc(F)c(O)c(O)c2Cl)C1=O)c1cccc(O)c1. The number of amides is 6. The molecule has 8 N–H and O–H groups in total. The van der Waals surface area contributed by atoms with Crippen LogP contribution in [0.2, 0.25) is 5.02 Å². The van der Waals surface area contributed by atoms with Crippen LogP contribution in [0.3, 0.4) is 0 Å². The van der Waals surface area contributed by atoms with Crippen LogP contribution in [0.25, 0.3) is 0 Å². The van der Waals surface area contributed by atoms with Crippen molar-refractivity contribution in [3.05, 3.63) is 81.4 Å². The van der Waals surface area contributed by atoms with Gasteiger partial charge in [-0.1, -0.05) is 23.7 Å². The number of imide groups is 1. The molecule has 54 heavy (non-hydrogen) atoms. The molecule has 2 aliphatic heterocycles. The van der Waals surface area contributed by atoms with Crippen LogP contribution in [0.15, 0.2) is 42.5 Å². The molecule has 0 radical (unpaired) electrons. The van der Waals surface area contributed by atoms with E-state index < -0.39 is 123 Å². The predicted octanol–water partition coefficient (Wildman–Crippen LogP) is 1.21. The van der Waals surface area contributed by atoms with Gasteiger partial charge in [0, 0.05) is 17.7 Å². The zero-order valence-electron chi connectivity index (χ0n) is 27.5. The van der Waals surface area contributed by atoms with Gasteiger partial charge in [-0.3, -0.25) is 9.59 Å². The van der Waals surface area contributed by atoms with Gasteiger partial charge in [0.05, 0.1) is 29.8 Å². The first-order valence-corrected chi connectivity index (χ1v) is 17.7. The summed E-state index contributed by atoms with van der Waals surface area (Å²) in [7, 11) is -6.37. The highest BCUT2D eigenvalue weighted by atomic mass is 35.5. The number of nitrogens with one attached hydrogen (secondary N) is 3. The summed E-state index contributed by atoms with van der Waals surface area (Å²) in [6.07, 6.45) is -0.517. The summed E-state index contributed by atoms with van der Waals surface area (Å²) < 4.78 is 60.4. The predicted molar refractivity (Wildman–Crippen MR) is 181 cm³/mol. The van der Waals surface area contributed by atoms with Gasteiger partial charge in [-0.05, 0) is 48.7 Å². The lowest BCUT2D eigenvalue weighted by molar-refractivity contribution is -0.123. The maximum atomic E-state index is 14.6. The van der Waals surface area contributed by atoms with Gasteiger partial charge < -0.3 is 46.1 Å². The van der Waals surface area contributed by atoms with Crippen LogP contribution in [-0.2, 0) is 21.2 Å². The van der Waals surface area contributed by atoms with Crippen molar-refractivity contribution in [2.45, 2.75) is 24.8 Å². The number of sulfonamides is 1. The summed E-state index contributed by atoms with van der Waals surface area (Å²) in [6.45, 7) is -1.18. The molecule has 3 aromatic carbocycles. The molecule has 0 spiro atoms. The lowest BCUT2D eigenvalue weighted by Gasteiger charge is -2.31. The van der Waals surface area contributed by atoms with E-state index in [-0.39, 0.29) is 36.3 Å². The Hall–Kier alpha value is -5.87. The molecule has 5 rings (SSSR count). The fourth-order valence-corrected chi connectivity index (χ4v) is 7.30. The Morgan fingerprint density at radius 1 is 1.04 bits per heavy atom. The van der Waals surface area contributed by atoms with E-state index in [0.29, 0.717) is 15.3 Å². The highest BCUT2D eigenvalue weighted by Gasteiger charge is 2.43. The van der Waals surface area contributed by atoms with Crippen molar-refractivity contribution in [3.63, 3.8) is 0 Å². The minimum absolute atomic E-state index is 0.0409. The van der Waals surface area contributed by atoms with Crippen molar-refractivity contribution >= 4 is 58.6 Å². The summed E-state index contributed by atoms with van der Waals surface area (Å²) in [6, 6.07) is 3.00. The number of hydrogen-bond donors (Lipinski definition) is 8. The fraction of sp³-hybridized carbons (Fsp3) is 0.258. The van der Waals surface area contributed by atoms with Gasteiger partial charge in [0.2, 0.25) is 15.9 Å². The summed E-state index contributed by atoms with van der Waals surface area (Å²) >= 11 is 6.11. The summed E-state index contributed by atoms with van der Waals surface area (Å²) in [4.78, 5) is 64.5. The summed E-state index contributed by atoms with van der Waals surface area (Å²) in [5, 5.41) is 55.6. The lowest BCUT2D eigenvalue weighted by atomic mass is 9.72. The van der Waals surface area contributed by atoms with Crippen LogP contribution >= 0.6 is 11.6 Å². The van der Waals surface area contributed by atoms with Crippen LogP contribution in [0.1, 0.15) is 44.3 Å². The minimum Gasteiger partial charge on any atom is -0.534 e. The number of nitrogens with zero attached hydrogens (tertiary/aromatic N) is 2. The number of benzene rings is 3. The Balaban J connectivity index is 1.30. The second-order valence-corrected chi connectivity index (χ2v) is 14.3. The van der Waals surface area contributed by atoms with Gasteiger partial charge in [0.1, 0.15) is 28.9 Å². The van der Waals surface area contributed by atoms with Gasteiger partial charge in [-0.2, -0.15) is 0 Å². The van der Waals surface area contributed by atoms with E-state index in [0.717, 1.165) is 12.1 Å². The third kappa shape index (κ3) is 8.04. The number of phenolic OH excluding ortho intramolecular Hbond substituents is 3. The average Bonchev–Trinajstić information content (AvgIpc) is 3.52. The minimum atomic E-state index is -4.37. The molecule has 2 aliphatic rings. The molecule has 23 heteroatoms. The number of aromatic carboxylic acids is 1. The lowest BCUT2D eigenvalue weighted by Crippen LogP contribution is -2.56. The van der Waals surface area contributed by atoms with E-state index in [1.165, 1.54) is 24.3 Å². The monoisotopic (exact) mass is 795 g/mol. The Morgan fingerprint density at radius 2 is 1.76 bits per heavy atom. The quantitative estimate of drug-likeness (QED) is 0.0771. The molecule has 18 nitrogen and oxygen atoms in total. The Bertz CT molecular complexity index is 2170. The number of carbonyl (C=O) groups excluding carboxylic acids is 4. The van der Waals surface area contributed by atoms with Crippen molar-refractivity contribution in [1.29, 1.82) is 0 Å². The molecule has 0 aromatic heterocycles. The number of carbonyl (C=O) groups is 5. The first-order chi connectivity index (χ1) is 25.4. The summed E-state index contributed by atoms with van der Waals surface area (Å²) in [5.41, 5.74) is -1.39. The van der Waals surface area contributed by atoms with E-state index in [9.17, 15) is 66.6 Å². The standard InChI is InChI=1S/C31H29BClF2N5O13S/c33-22-17(13-19(35)24(42)25(22)43)23(28(45)37-20-12-14-5-6-18(34)21(29(46)47)26(14)53-32(20)50)38-30(48)39-8-9-40(31(39)49)54(51,52)10-2-7-36-27(44)15-3-1-4-16(41)11-15/h1,3-6,11,13,20,23,41-43,50H,2,7-10,12H2,(H,36,44)(H,37,45)(H,38,48)(H,46,47)/t20-,23?/m0/s1. The molecule has 2 heterocycles. The van der Waals surface area contributed by atoms with Gasteiger partial charge >= 0.3 is 25.1 Å². The first kappa shape index (κ1) is 39.3. The maximum Gasteiger partial charge on any atom is 0.547 e. The molecule has 0 bridgehead atoms. The number of fused-ring (bicyclic) bond motifs is 1. The highest BCUT2D eigenvalue weighted by molar-refractivity contribution is 7.89. The number of urea groups is 2. The third-order valence-corrected chi connectivity index (χ3v) is 10.5. The number of carboxylic acid groups (broad SMARTS) is 1. The number of phenols is 3. The van der Waals surface area contributed by atoms with E-state index in [1.54, 1.807) is 0 Å². The molecular weight excluding hydrogens is 767 g/mol. The molecule has 3 aromatic rings. The van der Waals surface area contributed by atoms with Crippen molar-refractivity contribution in [2.24, 2.45) is 0 Å². The molecule has 1 fully saturated rings. The van der Waals surface area contributed by atoms with Crippen molar-refractivity contribution in [1.82, 2.24) is 25.2 Å². The largest absolute Gasteiger partial charge is 0.547 e. The molecule has 0 aliphatic carbocycles. The molecule has 1 saturated heterocycles. The van der Waals surface area contributed by atoms with Crippen LogP contribution in [0, 0.1) is 11.6 Å². The zero-order valence-corrected chi connectivity index (χ0v) is 29.0. The van der Waals surface area contributed by atoms with E-state index in [2.05, 4.69) is 16.0 Å². The van der Waals surface area contributed by atoms with Crippen LogP contribution in [0.4, 0.5) is 18.4 Å². The Labute approximate surface area is 309 Å². The number of aromatic hydroxyl groups is 3. The molecule has 2 atom stereocenters. The topological polar surface area (TPSA) is 272 Å². The second-order valence-electron chi connectivity index (χ2n) is 11.9. The second kappa shape index (κ2) is 15.6. The fourth-order valence-electron chi connectivity index (χ4n) is 5.62. The number of rotatable bonds is 11. The third-order valence-electron chi connectivity index (χ3n) is 8.31. The van der Waals surface area contributed by atoms with Gasteiger partial charge in [0.25, 0.3) is 5.91 Å².